The fourth-order valence-corrected chi connectivity index (χ4v) is 6.48. The molecule has 1 N–H and O–H groups in total. The lowest BCUT2D eigenvalue weighted by Crippen LogP contribution is -2.33. The quantitative estimate of drug-likeness (QED) is 0.494. The van der Waals surface area contributed by atoms with Gasteiger partial charge in [0.1, 0.15) is 4.32 Å². The Kier molecular flexibility index (Phi) is 4.19. The fourth-order valence-electron chi connectivity index (χ4n) is 0.452. The first kappa shape index (κ1) is 12.0. The molecule has 0 saturated heterocycles. The van der Waals surface area contributed by atoms with E-state index in [1.165, 1.54) is 6.92 Å². The lowest BCUT2D eigenvalue weighted by molar-refractivity contribution is -0.138. The summed E-state index contributed by atoms with van der Waals surface area (Å²) >= 11 is 19.6. The predicted molar refractivity (Wildman–Crippen MR) is 53.1 cm³/mol. The Morgan fingerprint density at radius 2 is 2.00 bits per heavy atom. The molecule has 66 valence electrons. The summed E-state index contributed by atoms with van der Waals surface area (Å²) in [6, 6.07) is -2.81. The van der Waals surface area contributed by atoms with E-state index >= 15 is 0 Å². The number of alkyl halides is 1. The molecular weight excluding hydrogens is 294 g/mol. The Bertz CT molecular complexity index is 167. The summed E-state index contributed by atoms with van der Waals surface area (Å²) in [5, 5.41) is 8.60. The highest BCUT2D eigenvalue weighted by Gasteiger charge is 2.40. The van der Waals surface area contributed by atoms with Gasteiger partial charge in [0.05, 0.1) is 0 Å². The van der Waals surface area contributed by atoms with Crippen LogP contribution in [0.5, 0.6) is 0 Å². The van der Waals surface area contributed by atoms with Gasteiger partial charge in [0.25, 0.3) is 0 Å². The van der Waals surface area contributed by atoms with E-state index in [2.05, 4.69) is 15.9 Å². The summed E-state index contributed by atoms with van der Waals surface area (Å²) < 4.78 is -1.12. The molecule has 1 atom stereocenters. The van der Waals surface area contributed by atoms with Gasteiger partial charge in [0.15, 0.2) is 0 Å². The van der Waals surface area contributed by atoms with Crippen molar-refractivity contribution in [2.45, 2.75) is 17.3 Å². The molecule has 0 aliphatic heterocycles. The molecule has 0 fully saturated rings. The first-order valence-electron chi connectivity index (χ1n) is 2.64. The molecule has 1 unspecified atom stereocenters. The first-order chi connectivity index (χ1) is 4.65. The average Bonchev–Trinajstić information content (AvgIpc) is 1.56. The fraction of sp³-hybridized carbons (Fsp3) is 0.750. The van der Waals surface area contributed by atoms with E-state index < -0.39 is 16.3 Å². The Balaban J connectivity index is 4.25. The van der Waals surface area contributed by atoms with E-state index in [1.54, 1.807) is 0 Å². The van der Waals surface area contributed by atoms with Gasteiger partial charge in [-0.1, -0.05) is 15.9 Å². The molecule has 7 heteroatoms. The highest BCUT2D eigenvalue weighted by atomic mass is 79.9. The number of hydrogen-bond acceptors (Lipinski definition) is 1. The number of carbonyl (C=O) groups is 1. The highest BCUT2D eigenvalue weighted by Crippen LogP contribution is 2.36. The topological polar surface area (TPSA) is 37.3 Å². The first-order valence-corrected chi connectivity index (χ1v) is 8.68. The SMILES string of the molecule is CC(Br)(C[Si](Cl)(Cl)Cl)C(=O)O. The molecule has 0 heterocycles. The molecule has 0 bridgehead atoms. The average molecular weight is 300 g/mol. The second kappa shape index (κ2) is 3.83. The third kappa shape index (κ3) is 5.30. The van der Waals surface area contributed by atoms with Gasteiger partial charge in [-0.2, -0.15) is 0 Å². The molecule has 11 heavy (non-hydrogen) atoms. The number of halogens is 4. The maximum Gasteiger partial charge on any atom is 0.343 e. The van der Waals surface area contributed by atoms with Crippen molar-refractivity contribution in [2.24, 2.45) is 0 Å². The minimum Gasteiger partial charge on any atom is -0.480 e. The van der Waals surface area contributed by atoms with Gasteiger partial charge >= 0.3 is 12.0 Å². The van der Waals surface area contributed by atoms with Crippen LogP contribution >= 0.6 is 49.2 Å². The molecule has 0 aromatic heterocycles. The second-order valence-corrected chi connectivity index (χ2v) is 13.2. The van der Waals surface area contributed by atoms with Crippen LogP contribution in [0.3, 0.4) is 0 Å². The van der Waals surface area contributed by atoms with Crippen LogP contribution in [0.25, 0.3) is 0 Å². The molecular formula is C4H6BrCl3O2Si. The van der Waals surface area contributed by atoms with Crippen molar-refractivity contribution >= 4 is 61.1 Å². The maximum atomic E-state index is 10.5. The van der Waals surface area contributed by atoms with Crippen molar-refractivity contribution in [3.8, 4) is 0 Å². The summed E-state index contributed by atoms with van der Waals surface area (Å²) in [5.74, 6) is -1.02. The van der Waals surface area contributed by atoms with Crippen LogP contribution in [0.4, 0.5) is 0 Å². The Labute approximate surface area is 88.1 Å². The number of aliphatic carboxylic acids is 1. The van der Waals surface area contributed by atoms with Gasteiger partial charge in [0, 0.05) is 6.04 Å². The molecule has 0 aliphatic carbocycles. The Morgan fingerprint density at radius 1 is 1.64 bits per heavy atom. The largest absolute Gasteiger partial charge is 0.480 e. The zero-order chi connectivity index (χ0) is 9.28. The normalized spacial score (nSPS) is 17.5. The molecule has 0 aromatic rings. The zero-order valence-electron chi connectivity index (χ0n) is 5.57. The standard InChI is InChI=1S/C4H6BrCl3O2Si/c1-4(5,3(9)10)2-11(6,7)8/h2H2,1H3,(H,9,10). The van der Waals surface area contributed by atoms with Crippen LogP contribution in [0.1, 0.15) is 6.92 Å². The minimum absolute atomic E-state index is 0.0556. The van der Waals surface area contributed by atoms with Crippen molar-refractivity contribution in [2.75, 3.05) is 0 Å². The summed E-state index contributed by atoms with van der Waals surface area (Å²) in [6.45, 7) is 1.46. The number of hydrogen-bond donors (Lipinski definition) is 1. The summed E-state index contributed by atoms with van der Waals surface area (Å²) in [7, 11) is 0. The van der Waals surface area contributed by atoms with Crippen LogP contribution in [0.2, 0.25) is 6.04 Å². The Hall–Kier alpha value is 1.04. The third-order valence-electron chi connectivity index (χ3n) is 0.978. The number of carboxylic acid groups (broad SMARTS) is 1. The van der Waals surface area contributed by atoms with Gasteiger partial charge in [-0.05, 0) is 6.92 Å². The summed E-state index contributed by atoms with van der Waals surface area (Å²) in [6.07, 6.45) is 0. The van der Waals surface area contributed by atoms with Gasteiger partial charge < -0.3 is 5.11 Å². The van der Waals surface area contributed by atoms with Crippen molar-refractivity contribution in [3.63, 3.8) is 0 Å². The van der Waals surface area contributed by atoms with Gasteiger partial charge in [0.2, 0.25) is 0 Å². The Morgan fingerprint density at radius 3 is 2.09 bits per heavy atom. The number of rotatable bonds is 3. The lowest BCUT2D eigenvalue weighted by atomic mass is 10.2. The van der Waals surface area contributed by atoms with Crippen molar-refractivity contribution in [1.29, 1.82) is 0 Å². The number of carboxylic acids is 1. The smallest absolute Gasteiger partial charge is 0.343 e. The summed E-state index contributed by atoms with van der Waals surface area (Å²) in [5.41, 5.74) is 0. The van der Waals surface area contributed by atoms with Crippen LogP contribution in [0.15, 0.2) is 0 Å². The molecule has 0 radical (unpaired) electrons. The second-order valence-electron chi connectivity index (χ2n) is 2.29. The van der Waals surface area contributed by atoms with Crippen molar-refractivity contribution < 1.29 is 9.90 Å². The van der Waals surface area contributed by atoms with Gasteiger partial charge in [-0.15, -0.1) is 33.2 Å². The van der Waals surface area contributed by atoms with E-state index in [0.29, 0.717) is 0 Å². The minimum atomic E-state index is -2.87. The van der Waals surface area contributed by atoms with Crippen LogP contribution < -0.4 is 0 Å². The van der Waals surface area contributed by atoms with E-state index in [-0.39, 0.29) is 6.04 Å². The predicted octanol–water partition coefficient (Wildman–Crippen LogP) is 2.88. The lowest BCUT2D eigenvalue weighted by Gasteiger charge is -2.19. The maximum absolute atomic E-state index is 10.5. The molecule has 0 saturated carbocycles. The molecule has 0 rings (SSSR count). The molecule has 2 nitrogen and oxygen atoms in total. The molecule has 0 amide bonds. The third-order valence-corrected chi connectivity index (χ3v) is 4.43. The van der Waals surface area contributed by atoms with E-state index in [9.17, 15) is 4.79 Å². The van der Waals surface area contributed by atoms with Crippen LogP contribution in [-0.4, -0.2) is 21.4 Å². The highest BCUT2D eigenvalue weighted by molar-refractivity contribution is 9.10. The van der Waals surface area contributed by atoms with Gasteiger partial charge in [-0.3, -0.25) is 4.79 Å². The molecule has 0 aliphatic rings. The van der Waals surface area contributed by atoms with Crippen molar-refractivity contribution in [3.05, 3.63) is 0 Å². The van der Waals surface area contributed by atoms with E-state index in [1.807, 2.05) is 0 Å². The summed E-state index contributed by atoms with van der Waals surface area (Å²) in [4.78, 5) is 10.5. The monoisotopic (exact) mass is 298 g/mol. The van der Waals surface area contributed by atoms with E-state index in [4.69, 9.17) is 38.3 Å². The zero-order valence-corrected chi connectivity index (χ0v) is 10.4. The van der Waals surface area contributed by atoms with E-state index in [0.717, 1.165) is 0 Å². The molecule has 0 aromatic carbocycles. The van der Waals surface area contributed by atoms with Crippen molar-refractivity contribution in [1.82, 2.24) is 0 Å². The van der Waals surface area contributed by atoms with Crippen LogP contribution in [-0.2, 0) is 4.79 Å². The molecule has 0 spiro atoms. The van der Waals surface area contributed by atoms with Crippen LogP contribution in [0, 0.1) is 0 Å². The van der Waals surface area contributed by atoms with Gasteiger partial charge in [-0.25, -0.2) is 0 Å².